The van der Waals surface area contributed by atoms with E-state index in [9.17, 15) is 17.6 Å². The van der Waals surface area contributed by atoms with Crippen molar-refractivity contribution in [3.8, 4) is 0 Å². The van der Waals surface area contributed by atoms with Crippen LogP contribution in [0.3, 0.4) is 0 Å². The lowest BCUT2D eigenvalue weighted by Crippen LogP contribution is -2.50. The topological polar surface area (TPSA) is 15.3 Å². The molecule has 0 amide bonds. The fourth-order valence-corrected chi connectivity index (χ4v) is 2.16. The van der Waals surface area contributed by atoms with E-state index in [1.54, 1.807) is 4.90 Å². The molecule has 1 N–H and O–H groups in total. The second-order valence-electron chi connectivity index (χ2n) is 4.38. The average Bonchev–Trinajstić information content (AvgIpc) is 2.29. The molecular formula is C12H14F4N2. The minimum absolute atomic E-state index is 0.0267. The third kappa shape index (κ3) is 2.43. The van der Waals surface area contributed by atoms with E-state index in [0.717, 1.165) is 6.07 Å². The molecule has 1 aromatic rings. The largest absolute Gasteiger partial charge is 0.419 e. The summed E-state index contributed by atoms with van der Waals surface area (Å²) < 4.78 is 51.8. The van der Waals surface area contributed by atoms with E-state index in [2.05, 4.69) is 5.32 Å². The van der Waals surface area contributed by atoms with Crippen molar-refractivity contribution in [1.29, 1.82) is 0 Å². The fraction of sp³-hybridized carbons (Fsp3) is 0.500. The third-order valence-electron chi connectivity index (χ3n) is 3.09. The zero-order chi connectivity index (χ0) is 13.3. The minimum atomic E-state index is -4.66. The molecule has 0 spiro atoms. The van der Waals surface area contributed by atoms with Gasteiger partial charge in [0.15, 0.2) is 5.82 Å². The first-order valence-electron chi connectivity index (χ1n) is 5.74. The summed E-state index contributed by atoms with van der Waals surface area (Å²) in [6, 6.07) is 3.38. The maximum absolute atomic E-state index is 13.9. The van der Waals surface area contributed by atoms with Gasteiger partial charge in [-0.15, -0.1) is 0 Å². The van der Waals surface area contributed by atoms with Gasteiger partial charge in [0.2, 0.25) is 0 Å². The smallest absolute Gasteiger partial charge is 0.364 e. The first kappa shape index (κ1) is 13.1. The van der Waals surface area contributed by atoms with Crippen molar-refractivity contribution in [3.63, 3.8) is 0 Å². The zero-order valence-corrected chi connectivity index (χ0v) is 9.89. The van der Waals surface area contributed by atoms with Crippen molar-refractivity contribution in [2.24, 2.45) is 0 Å². The SMILES string of the molecule is CC1CNCCN1c1cccc(C(F)(F)F)c1F. The van der Waals surface area contributed by atoms with Crippen LogP contribution < -0.4 is 10.2 Å². The van der Waals surface area contributed by atoms with Crippen LogP contribution in [0.15, 0.2) is 18.2 Å². The van der Waals surface area contributed by atoms with Gasteiger partial charge in [0.1, 0.15) is 0 Å². The first-order valence-corrected chi connectivity index (χ1v) is 5.74. The summed E-state index contributed by atoms with van der Waals surface area (Å²) in [6.45, 7) is 3.63. The predicted octanol–water partition coefficient (Wildman–Crippen LogP) is 2.64. The summed E-state index contributed by atoms with van der Waals surface area (Å²) in [5.41, 5.74) is -1.18. The van der Waals surface area contributed by atoms with Crippen molar-refractivity contribution in [2.75, 3.05) is 24.5 Å². The number of nitrogens with one attached hydrogen (secondary N) is 1. The summed E-state index contributed by atoms with van der Waals surface area (Å²) in [5, 5.41) is 3.11. The molecule has 0 radical (unpaired) electrons. The number of halogens is 4. The molecule has 1 unspecified atom stereocenters. The van der Waals surface area contributed by atoms with Gasteiger partial charge in [-0.2, -0.15) is 13.2 Å². The van der Waals surface area contributed by atoms with Crippen LogP contribution in [-0.4, -0.2) is 25.7 Å². The molecule has 1 aliphatic rings. The molecular weight excluding hydrogens is 248 g/mol. The van der Waals surface area contributed by atoms with Crippen LogP contribution in [0.1, 0.15) is 12.5 Å². The first-order chi connectivity index (χ1) is 8.41. The maximum atomic E-state index is 13.9. The van der Waals surface area contributed by atoms with Crippen LogP contribution in [0.25, 0.3) is 0 Å². The van der Waals surface area contributed by atoms with Crippen LogP contribution in [-0.2, 0) is 6.18 Å². The molecule has 6 heteroatoms. The highest BCUT2D eigenvalue weighted by atomic mass is 19.4. The quantitative estimate of drug-likeness (QED) is 0.783. The van der Waals surface area contributed by atoms with Crippen molar-refractivity contribution in [3.05, 3.63) is 29.6 Å². The third-order valence-corrected chi connectivity index (χ3v) is 3.09. The van der Waals surface area contributed by atoms with Gasteiger partial charge in [-0.05, 0) is 19.1 Å². The molecule has 0 saturated carbocycles. The van der Waals surface area contributed by atoms with Crippen LogP contribution in [0.5, 0.6) is 0 Å². The van der Waals surface area contributed by atoms with Crippen LogP contribution in [0, 0.1) is 5.82 Å². The Morgan fingerprint density at radius 2 is 2.06 bits per heavy atom. The number of nitrogens with zero attached hydrogens (tertiary/aromatic N) is 1. The Kier molecular flexibility index (Phi) is 3.47. The van der Waals surface area contributed by atoms with E-state index in [-0.39, 0.29) is 11.7 Å². The van der Waals surface area contributed by atoms with E-state index in [4.69, 9.17) is 0 Å². The normalized spacial score (nSPS) is 21.2. The molecule has 0 aliphatic carbocycles. The molecule has 100 valence electrons. The van der Waals surface area contributed by atoms with Gasteiger partial charge in [-0.25, -0.2) is 4.39 Å². The Balaban J connectivity index is 2.39. The van der Waals surface area contributed by atoms with E-state index in [1.165, 1.54) is 12.1 Å². The van der Waals surface area contributed by atoms with Gasteiger partial charge in [0, 0.05) is 25.7 Å². The second kappa shape index (κ2) is 4.76. The number of hydrogen-bond acceptors (Lipinski definition) is 2. The van der Waals surface area contributed by atoms with E-state index in [0.29, 0.717) is 19.6 Å². The molecule has 1 aromatic carbocycles. The van der Waals surface area contributed by atoms with Crippen molar-refractivity contribution >= 4 is 5.69 Å². The Hall–Kier alpha value is -1.30. The van der Waals surface area contributed by atoms with Gasteiger partial charge < -0.3 is 10.2 Å². The van der Waals surface area contributed by atoms with Gasteiger partial charge >= 0.3 is 6.18 Å². The molecule has 1 aliphatic heterocycles. The number of hydrogen-bond donors (Lipinski definition) is 1. The fourth-order valence-electron chi connectivity index (χ4n) is 2.16. The van der Waals surface area contributed by atoms with Crippen LogP contribution >= 0.6 is 0 Å². The average molecular weight is 262 g/mol. The Labute approximate surface area is 103 Å². The van der Waals surface area contributed by atoms with Crippen molar-refractivity contribution in [2.45, 2.75) is 19.1 Å². The number of alkyl halides is 3. The summed E-state index contributed by atoms with van der Waals surface area (Å²) >= 11 is 0. The molecule has 2 nitrogen and oxygen atoms in total. The predicted molar refractivity (Wildman–Crippen MR) is 61.1 cm³/mol. The van der Waals surface area contributed by atoms with E-state index < -0.39 is 17.6 Å². The molecule has 1 fully saturated rings. The monoisotopic (exact) mass is 262 g/mol. The highest BCUT2D eigenvalue weighted by Gasteiger charge is 2.36. The lowest BCUT2D eigenvalue weighted by molar-refractivity contribution is -0.139. The summed E-state index contributed by atoms with van der Waals surface area (Å²) in [4.78, 5) is 1.67. The molecule has 18 heavy (non-hydrogen) atoms. The van der Waals surface area contributed by atoms with Crippen LogP contribution in [0.2, 0.25) is 0 Å². The Bertz CT molecular complexity index is 431. The zero-order valence-electron chi connectivity index (χ0n) is 9.89. The number of anilines is 1. The van der Waals surface area contributed by atoms with E-state index >= 15 is 0 Å². The molecule has 1 saturated heterocycles. The van der Waals surface area contributed by atoms with Crippen molar-refractivity contribution in [1.82, 2.24) is 5.32 Å². The van der Waals surface area contributed by atoms with Gasteiger partial charge in [0.05, 0.1) is 11.3 Å². The molecule has 2 rings (SSSR count). The van der Waals surface area contributed by atoms with Gasteiger partial charge in [-0.3, -0.25) is 0 Å². The highest BCUT2D eigenvalue weighted by Crippen LogP contribution is 2.35. The highest BCUT2D eigenvalue weighted by molar-refractivity contribution is 5.52. The maximum Gasteiger partial charge on any atom is 0.419 e. The summed E-state index contributed by atoms with van der Waals surface area (Å²) in [6.07, 6.45) is -4.66. The van der Waals surface area contributed by atoms with E-state index in [1.807, 2.05) is 6.92 Å². The van der Waals surface area contributed by atoms with Gasteiger partial charge in [0.25, 0.3) is 0 Å². The molecule has 1 atom stereocenters. The number of benzene rings is 1. The lowest BCUT2D eigenvalue weighted by Gasteiger charge is -2.36. The molecule has 1 heterocycles. The van der Waals surface area contributed by atoms with Crippen molar-refractivity contribution < 1.29 is 17.6 Å². The standard InChI is InChI=1S/C12H14F4N2/c1-8-7-17-5-6-18(8)10-4-2-3-9(11(10)13)12(14,15)16/h2-4,8,17H,5-7H2,1H3. The number of rotatable bonds is 1. The Morgan fingerprint density at radius 3 is 2.67 bits per heavy atom. The lowest BCUT2D eigenvalue weighted by atomic mass is 10.1. The summed E-state index contributed by atoms with van der Waals surface area (Å²) in [5.74, 6) is -1.18. The second-order valence-corrected chi connectivity index (χ2v) is 4.38. The van der Waals surface area contributed by atoms with Crippen LogP contribution in [0.4, 0.5) is 23.2 Å². The summed E-state index contributed by atoms with van der Waals surface area (Å²) in [7, 11) is 0. The number of piperazine rings is 1. The minimum Gasteiger partial charge on any atom is -0.364 e. The Morgan fingerprint density at radius 1 is 1.33 bits per heavy atom. The van der Waals surface area contributed by atoms with Gasteiger partial charge in [-0.1, -0.05) is 6.07 Å². The molecule has 0 aromatic heterocycles. The molecule has 0 bridgehead atoms.